The fraction of sp³-hybridized carbons (Fsp3) is 0.455. The van der Waals surface area contributed by atoms with Crippen LogP contribution in [-0.2, 0) is 10.0 Å². The van der Waals surface area contributed by atoms with Gasteiger partial charge in [-0.25, -0.2) is 13.1 Å². The summed E-state index contributed by atoms with van der Waals surface area (Å²) in [5.41, 5.74) is 0.663. The van der Waals surface area contributed by atoms with Gasteiger partial charge in [0.2, 0.25) is 10.0 Å². The minimum atomic E-state index is -3.40. The van der Waals surface area contributed by atoms with Crippen molar-refractivity contribution in [1.29, 1.82) is 0 Å². The van der Waals surface area contributed by atoms with Crippen LogP contribution in [0.4, 0.5) is 5.69 Å². The second-order valence-electron chi connectivity index (χ2n) is 4.04. The quantitative estimate of drug-likeness (QED) is 0.727. The van der Waals surface area contributed by atoms with Crippen molar-refractivity contribution >= 4 is 15.7 Å². The van der Waals surface area contributed by atoms with Crippen molar-refractivity contribution in [3.63, 3.8) is 0 Å². The molecular formula is C11H17N3O2S. The van der Waals surface area contributed by atoms with Crippen molar-refractivity contribution in [2.24, 2.45) is 0 Å². The molecule has 0 aliphatic carbocycles. The standard InChI is InChI=1S/C11H17N3O2S/c1-12-17(15,16)11-5-3-2-4-10(11)14-9-6-7-13-8-9/h2-5,9,12-14H,6-8H2,1H3. The van der Waals surface area contributed by atoms with Crippen LogP contribution in [0.15, 0.2) is 29.2 Å². The van der Waals surface area contributed by atoms with Crippen LogP contribution >= 0.6 is 0 Å². The molecule has 2 rings (SSSR count). The van der Waals surface area contributed by atoms with Crippen LogP contribution in [0, 0.1) is 0 Å². The number of anilines is 1. The summed E-state index contributed by atoms with van der Waals surface area (Å²) in [6, 6.07) is 7.25. The third-order valence-corrected chi connectivity index (χ3v) is 4.34. The van der Waals surface area contributed by atoms with E-state index in [9.17, 15) is 8.42 Å². The highest BCUT2D eigenvalue weighted by Gasteiger charge is 2.19. The second kappa shape index (κ2) is 5.03. The van der Waals surface area contributed by atoms with E-state index < -0.39 is 10.0 Å². The number of nitrogens with one attached hydrogen (secondary N) is 3. The highest BCUT2D eigenvalue weighted by Crippen LogP contribution is 2.22. The highest BCUT2D eigenvalue weighted by molar-refractivity contribution is 7.89. The van der Waals surface area contributed by atoms with Gasteiger partial charge in [0, 0.05) is 12.6 Å². The first-order valence-corrected chi connectivity index (χ1v) is 7.11. The Morgan fingerprint density at radius 1 is 1.35 bits per heavy atom. The lowest BCUT2D eigenvalue weighted by Crippen LogP contribution is -2.25. The summed E-state index contributed by atoms with van der Waals surface area (Å²) in [5.74, 6) is 0. The first-order valence-electron chi connectivity index (χ1n) is 5.63. The van der Waals surface area contributed by atoms with Crippen LogP contribution in [0.5, 0.6) is 0 Å². The van der Waals surface area contributed by atoms with Gasteiger partial charge < -0.3 is 10.6 Å². The molecule has 0 saturated carbocycles. The second-order valence-corrected chi connectivity index (χ2v) is 5.89. The lowest BCUT2D eigenvalue weighted by atomic mass is 10.2. The molecule has 1 unspecified atom stereocenters. The number of para-hydroxylation sites is 1. The summed E-state index contributed by atoms with van der Waals surface area (Å²) in [5, 5.41) is 6.51. The summed E-state index contributed by atoms with van der Waals surface area (Å²) < 4.78 is 26.0. The molecule has 6 heteroatoms. The van der Waals surface area contributed by atoms with Gasteiger partial charge in [-0.05, 0) is 32.1 Å². The fourth-order valence-corrected chi connectivity index (χ4v) is 2.82. The zero-order valence-corrected chi connectivity index (χ0v) is 10.5. The van der Waals surface area contributed by atoms with Crippen LogP contribution in [-0.4, -0.2) is 34.6 Å². The first kappa shape index (κ1) is 12.3. The summed E-state index contributed by atoms with van der Waals surface area (Å²) in [6.07, 6.45) is 1.01. The molecule has 5 nitrogen and oxygen atoms in total. The number of rotatable bonds is 4. The maximum atomic E-state index is 11.8. The van der Waals surface area contributed by atoms with Gasteiger partial charge in [-0.15, -0.1) is 0 Å². The van der Waals surface area contributed by atoms with E-state index in [4.69, 9.17) is 0 Å². The van der Waals surface area contributed by atoms with Crippen molar-refractivity contribution in [2.45, 2.75) is 17.4 Å². The van der Waals surface area contributed by atoms with Gasteiger partial charge in [-0.3, -0.25) is 0 Å². The van der Waals surface area contributed by atoms with Crippen molar-refractivity contribution in [3.05, 3.63) is 24.3 Å². The normalized spacial score (nSPS) is 20.4. The average molecular weight is 255 g/mol. The largest absolute Gasteiger partial charge is 0.380 e. The molecule has 1 aromatic carbocycles. The molecule has 1 saturated heterocycles. The minimum absolute atomic E-state index is 0.295. The van der Waals surface area contributed by atoms with Crippen LogP contribution in [0.3, 0.4) is 0 Å². The van der Waals surface area contributed by atoms with Gasteiger partial charge in [-0.2, -0.15) is 0 Å². The first-order chi connectivity index (χ1) is 8.13. The van der Waals surface area contributed by atoms with E-state index in [1.54, 1.807) is 18.2 Å². The molecule has 0 amide bonds. The van der Waals surface area contributed by atoms with Crippen LogP contribution in [0.2, 0.25) is 0 Å². The lowest BCUT2D eigenvalue weighted by Gasteiger charge is -2.16. The molecule has 1 aliphatic heterocycles. The lowest BCUT2D eigenvalue weighted by molar-refractivity contribution is 0.588. The zero-order chi connectivity index (χ0) is 12.3. The molecule has 0 spiro atoms. The molecule has 94 valence electrons. The highest BCUT2D eigenvalue weighted by atomic mass is 32.2. The van der Waals surface area contributed by atoms with Gasteiger partial charge >= 0.3 is 0 Å². The molecule has 1 atom stereocenters. The van der Waals surface area contributed by atoms with E-state index in [2.05, 4.69) is 15.4 Å². The molecule has 1 aliphatic rings. The molecule has 17 heavy (non-hydrogen) atoms. The van der Waals surface area contributed by atoms with Gasteiger partial charge in [0.25, 0.3) is 0 Å². The topological polar surface area (TPSA) is 70.2 Å². The third-order valence-electron chi connectivity index (χ3n) is 2.87. The van der Waals surface area contributed by atoms with E-state index in [0.717, 1.165) is 19.5 Å². The SMILES string of the molecule is CNS(=O)(=O)c1ccccc1NC1CCNC1. The molecular weight excluding hydrogens is 238 g/mol. The third kappa shape index (κ3) is 2.77. The van der Waals surface area contributed by atoms with Gasteiger partial charge in [0.1, 0.15) is 4.90 Å². The molecule has 1 aromatic rings. The molecule has 1 heterocycles. The van der Waals surface area contributed by atoms with Crippen LogP contribution < -0.4 is 15.4 Å². The number of sulfonamides is 1. The molecule has 0 bridgehead atoms. The van der Waals surface area contributed by atoms with E-state index >= 15 is 0 Å². The van der Waals surface area contributed by atoms with Gasteiger partial charge in [-0.1, -0.05) is 12.1 Å². The van der Waals surface area contributed by atoms with Crippen LogP contribution in [0.1, 0.15) is 6.42 Å². The van der Waals surface area contributed by atoms with Crippen molar-refractivity contribution in [3.8, 4) is 0 Å². The molecule has 0 aromatic heterocycles. The molecule has 1 fully saturated rings. The summed E-state index contributed by atoms with van der Waals surface area (Å²) >= 11 is 0. The number of benzene rings is 1. The predicted molar refractivity (Wildman–Crippen MR) is 67.6 cm³/mol. The smallest absolute Gasteiger partial charge is 0.242 e. The molecule has 0 radical (unpaired) electrons. The maximum Gasteiger partial charge on any atom is 0.242 e. The Morgan fingerprint density at radius 2 is 2.12 bits per heavy atom. The van der Waals surface area contributed by atoms with Crippen LogP contribution in [0.25, 0.3) is 0 Å². The predicted octanol–water partition coefficient (Wildman–Crippen LogP) is 0.368. The van der Waals surface area contributed by atoms with E-state index in [0.29, 0.717) is 16.6 Å². The Morgan fingerprint density at radius 3 is 2.76 bits per heavy atom. The zero-order valence-electron chi connectivity index (χ0n) is 9.73. The van der Waals surface area contributed by atoms with E-state index in [1.165, 1.54) is 7.05 Å². The van der Waals surface area contributed by atoms with Gasteiger partial charge in [0.05, 0.1) is 5.69 Å². The number of hydrogen-bond donors (Lipinski definition) is 3. The summed E-state index contributed by atoms with van der Waals surface area (Å²) in [6.45, 7) is 1.84. The Hall–Kier alpha value is -1.11. The maximum absolute atomic E-state index is 11.8. The van der Waals surface area contributed by atoms with E-state index in [-0.39, 0.29) is 0 Å². The Kier molecular flexibility index (Phi) is 3.66. The Labute approximate surface area is 102 Å². The van der Waals surface area contributed by atoms with Crippen molar-refractivity contribution in [1.82, 2.24) is 10.0 Å². The summed E-state index contributed by atoms with van der Waals surface area (Å²) in [7, 11) is -1.98. The summed E-state index contributed by atoms with van der Waals surface area (Å²) in [4.78, 5) is 0.300. The minimum Gasteiger partial charge on any atom is -0.380 e. The van der Waals surface area contributed by atoms with Crippen molar-refractivity contribution in [2.75, 3.05) is 25.5 Å². The van der Waals surface area contributed by atoms with Gasteiger partial charge in [0.15, 0.2) is 0 Å². The number of hydrogen-bond acceptors (Lipinski definition) is 4. The Balaban J connectivity index is 2.27. The Bertz CT molecular complexity index is 481. The van der Waals surface area contributed by atoms with E-state index in [1.807, 2.05) is 6.07 Å². The molecule has 3 N–H and O–H groups in total. The fourth-order valence-electron chi connectivity index (χ4n) is 1.93. The monoisotopic (exact) mass is 255 g/mol. The van der Waals surface area contributed by atoms with Crippen molar-refractivity contribution < 1.29 is 8.42 Å². The average Bonchev–Trinajstić information content (AvgIpc) is 2.82.